The second-order valence-corrected chi connectivity index (χ2v) is 1.49. The van der Waals surface area contributed by atoms with Crippen molar-refractivity contribution >= 4 is 24.8 Å². The van der Waals surface area contributed by atoms with Crippen LogP contribution in [0, 0.1) is 0 Å². The average Bonchev–Trinajstić information content (AvgIpc) is 1.83. The molecule has 0 spiro atoms. The van der Waals surface area contributed by atoms with Gasteiger partial charge in [-0.1, -0.05) is 0 Å². The molecule has 4 nitrogen and oxygen atoms in total. The molecule has 0 saturated heterocycles. The fourth-order valence-corrected chi connectivity index (χ4v) is 0.329. The summed E-state index contributed by atoms with van der Waals surface area (Å²) in [6.07, 6.45) is -0.554. The zero-order valence-electron chi connectivity index (χ0n) is 6.46. The summed E-state index contributed by atoms with van der Waals surface area (Å²) in [5.41, 5.74) is 0. The first-order valence-corrected chi connectivity index (χ1v) is 2.52. The van der Waals surface area contributed by atoms with Crippen molar-refractivity contribution < 1.29 is 78.0 Å². The van der Waals surface area contributed by atoms with Crippen LogP contribution in [0.4, 0.5) is 0 Å². The van der Waals surface area contributed by atoms with Gasteiger partial charge in [0.15, 0.2) is 0 Å². The first-order chi connectivity index (χ1) is 4.16. The van der Waals surface area contributed by atoms with Gasteiger partial charge >= 0.3 is 59.1 Å². The minimum atomic E-state index is -1.28. The van der Waals surface area contributed by atoms with Crippen LogP contribution in [0.5, 0.6) is 0 Å². The number of rotatable bonds is 3. The molecule has 0 unspecified atom stereocenters. The largest absolute Gasteiger partial charge is 1.00 e. The van der Waals surface area contributed by atoms with E-state index < -0.39 is 11.9 Å². The van der Waals surface area contributed by atoms with Gasteiger partial charge in [0.2, 0.25) is 0 Å². The van der Waals surface area contributed by atoms with Gasteiger partial charge in [-0.15, -0.1) is 0 Å². The number of hydrogen-bond acceptors (Lipinski definition) is 5. The Kier molecular flexibility index (Phi) is 18.6. The third-order valence-electron chi connectivity index (χ3n) is 0.626. The Balaban J connectivity index is -0.000000320. The summed E-state index contributed by atoms with van der Waals surface area (Å²) in [6, 6.07) is 0. The minimum Gasteiger partial charge on any atom is -0.615 e. The van der Waals surface area contributed by atoms with E-state index in [2.05, 4.69) is 17.1 Å². The molecule has 0 aromatic heterocycles. The van der Waals surface area contributed by atoms with E-state index in [1.807, 2.05) is 0 Å². The van der Waals surface area contributed by atoms with Gasteiger partial charge in [-0.25, -0.2) is 0 Å². The fraction of sp³-hybridized carbons (Fsp3) is 0.500. The van der Waals surface area contributed by atoms with Gasteiger partial charge in [0.25, 0.3) is 5.97 Å². The topological polar surface area (TPSA) is 66.4 Å². The molecule has 0 aromatic carbocycles. The summed E-state index contributed by atoms with van der Waals surface area (Å²) in [6.45, 7) is 0. The van der Waals surface area contributed by atoms with Gasteiger partial charge in [0, 0.05) is 12.4 Å². The van der Waals surface area contributed by atoms with E-state index in [1.165, 1.54) is 0 Å². The van der Waals surface area contributed by atoms with Crippen molar-refractivity contribution in [2.24, 2.45) is 0 Å². The van der Waals surface area contributed by atoms with Crippen LogP contribution in [0.2, 0.25) is 0 Å². The van der Waals surface area contributed by atoms with Crippen LogP contribution in [0.1, 0.15) is 12.8 Å². The molecule has 0 aliphatic rings. The third-order valence-corrected chi connectivity index (χ3v) is 0.812. The maximum Gasteiger partial charge on any atom is 1.00 e. The molecule has 0 heterocycles. The second-order valence-electron chi connectivity index (χ2n) is 1.33. The summed E-state index contributed by atoms with van der Waals surface area (Å²) in [5.74, 6) is -2.00. The van der Waals surface area contributed by atoms with E-state index >= 15 is 0 Å². The predicted octanol–water partition coefficient (Wildman–Crippen LogP) is -7.47. The minimum absolute atomic E-state index is 0. The monoisotopic (exact) mass is 194 g/mol. The SMILES string of the molecule is O=C([O-])CCC(=O)O[S-].[Na+].[Na+]. The van der Waals surface area contributed by atoms with Crippen LogP contribution in [-0.2, 0) is 26.7 Å². The molecular weight excluding hydrogens is 190 g/mol. The Morgan fingerprint density at radius 3 is 2.00 bits per heavy atom. The molecule has 0 aromatic rings. The molecule has 52 valence electrons. The second kappa shape index (κ2) is 11.3. The van der Waals surface area contributed by atoms with Crippen LogP contribution in [0.25, 0.3) is 0 Å². The number of carbonyl (C=O) groups excluding carboxylic acids is 2. The van der Waals surface area contributed by atoms with Crippen LogP contribution in [-0.4, -0.2) is 11.9 Å². The van der Waals surface area contributed by atoms with Crippen LogP contribution in [0.15, 0.2) is 0 Å². The number of carboxylic acids is 1. The van der Waals surface area contributed by atoms with Crippen molar-refractivity contribution in [3.05, 3.63) is 0 Å². The van der Waals surface area contributed by atoms with Gasteiger partial charge in [-0.3, -0.25) is 4.79 Å². The molecule has 0 radical (unpaired) electrons. The Morgan fingerprint density at radius 2 is 1.73 bits per heavy atom. The van der Waals surface area contributed by atoms with E-state index in [4.69, 9.17) is 0 Å². The molecule has 0 aliphatic carbocycles. The Labute approximate surface area is 114 Å². The van der Waals surface area contributed by atoms with Crippen molar-refractivity contribution in [2.75, 3.05) is 0 Å². The molecule has 7 heteroatoms. The Hall–Kier alpha value is 1.29. The maximum absolute atomic E-state index is 10.1. The van der Waals surface area contributed by atoms with Gasteiger partial charge in [0.05, 0.1) is 0 Å². The summed E-state index contributed by atoms with van der Waals surface area (Å²) < 4.78 is 3.75. The Morgan fingerprint density at radius 1 is 1.27 bits per heavy atom. The van der Waals surface area contributed by atoms with E-state index in [1.54, 1.807) is 0 Å². The summed E-state index contributed by atoms with van der Waals surface area (Å²) in [5, 5.41) is 9.67. The Bertz CT molecular complexity index is 129. The molecule has 0 aliphatic heterocycles. The number of carbonyl (C=O) groups is 2. The van der Waals surface area contributed by atoms with E-state index in [9.17, 15) is 14.7 Å². The van der Waals surface area contributed by atoms with E-state index in [0.29, 0.717) is 0 Å². The van der Waals surface area contributed by atoms with Gasteiger partial charge in [-0.2, -0.15) is 0 Å². The first kappa shape index (κ1) is 18.2. The van der Waals surface area contributed by atoms with E-state index in [0.717, 1.165) is 0 Å². The number of hydrogen-bond donors (Lipinski definition) is 0. The van der Waals surface area contributed by atoms with E-state index in [-0.39, 0.29) is 72.0 Å². The molecular formula is C4H4Na2O4S. The van der Waals surface area contributed by atoms with Crippen LogP contribution in [0.3, 0.4) is 0 Å². The van der Waals surface area contributed by atoms with Crippen molar-refractivity contribution in [3.63, 3.8) is 0 Å². The number of carboxylic acid groups (broad SMARTS) is 1. The third kappa shape index (κ3) is 14.2. The summed E-state index contributed by atoms with van der Waals surface area (Å²) in [4.78, 5) is 19.8. The van der Waals surface area contributed by atoms with Gasteiger partial charge < -0.3 is 27.0 Å². The molecule has 11 heavy (non-hydrogen) atoms. The zero-order chi connectivity index (χ0) is 7.28. The molecule has 0 amide bonds. The standard InChI is InChI=1S/C4H6O4S.2Na/c5-3(6)1-2-4(7)8-9;;/h9H,1-2H2,(H,5,6);;/q;2*+1/p-2. The van der Waals surface area contributed by atoms with Gasteiger partial charge in [0.1, 0.15) is 0 Å². The average molecular weight is 194 g/mol. The van der Waals surface area contributed by atoms with Crippen molar-refractivity contribution in [2.45, 2.75) is 12.8 Å². The maximum atomic E-state index is 10.1. The molecule has 0 N–H and O–H groups in total. The first-order valence-electron chi connectivity index (χ1n) is 2.19. The summed E-state index contributed by atoms with van der Waals surface area (Å²) in [7, 11) is 0. The molecule has 0 saturated carbocycles. The summed E-state index contributed by atoms with van der Waals surface area (Å²) >= 11 is 3.86. The van der Waals surface area contributed by atoms with Gasteiger partial charge in [-0.05, 0) is 6.42 Å². The van der Waals surface area contributed by atoms with Crippen LogP contribution < -0.4 is 64.2 Å². The fourth-order valence-electron chi connectivity index (χ4n) is 0.246. The molecule has 0 atom stereocenters. The van der Waals surface area contributed by atoms with Crippen molar-refractivity contribution in [1.29, 1.82) is 0 Å². The van der Waals surface area contributed by atoms with Crippen LogP contribution >= 0.6 is 0 Å². The molecule has 0 bridgehead atoms. The predicted molar refractivity (Wildman–Crippen MR) is 27.7 cm³/mol. The molecule has 0 fully saturated rings. The normalized spacial score (nSPS) is 7.00. The number of aliphatic carboxylic acids is 1. The smallest absolute Gasteiger partial charge is 0.615 e. The zero-order valence-corrected chi connectivity index (χ0v) is 11.3. The quantitative estimate of drug-likeness (QED) is 0.330. The molecule has 0 rings (SSSR count). The van der Waals surface area contributed by atoms with Crippen molar-refractivity contribution in [3.8, 4) is 0 Å². The van der Waals surface area contributed by atoms with Crippen molar-refractivity contribution in [1.82, 2.24) is 0 Å².